The van der Waals surface area contributed by atoms with Gasteiger partial charge in [0.15, 0.2) is 0 Å². The highest BCUT2D eigenvalue weighted by Crippen LogP contribution is 2.19. The van der Waals surface area contributed by atoms with Gasteiger partial charge in [0.2, 0.25) is 0 Å². The number of aliphatic hydroxyl groups is 1. The minimum absolute atomic E-state index is 0.0708. The van der Waals surface area contributed by atoms with Crippen molar-refractivity contribution in [2.45, 2.75) is 12.8 Å². The van der Waals surface area contributed by atoms with Gasteiger partial charge in [0.1, 0.15) is 5.76 Å². The first-order valence-electron chi connectivity index (χ1n) is 4.70. The summed E-state index contributed by atoms with van der Waals surface area (Å²) in [6, 6.07) is 0. The lowest BCUT2D eigenvalue weighted by molar-refractivity contribution is -0.132. The minimum atomic E-state index is -1.08. The van der Waals surface area contributed by atoms with Gasteiger partial charge < -0.3 is 10.2 Å². The van der Waals surface area contributed by atoms with E-state index in [0.29, 0.717) is 6.42 Å². The van der Waals surface area contributed by atoms with E-state index in [0.717, 1.165) is 0 Å². The molecule has 0 fully saturated rings. The maximum absolute atomic E-state index is 12.0. The number of halogens is 1. The van der Waals surface area contributed by atoms with Gasteiger partial charge in [-0.15, -0.1) is 0 Å². The third kappa shape index (κ3) is 3.58. The third-order valence-corrected chi connectivity index (χ3v) is 2.17. The van der Waals surface area contributed by atoms with Gasteiger partial charge in [-0.25, -0.2) is 4.79 Å². The molecule has 0 aromatic carbocycles. The number of aliphatic carboxylic acids is 1. The molecule has 1 aliphatic rings. The summed E-state index contributed by atoms with van der Waals surface area (Å²) in [4.78, 5) is 10.7. The maximum Gasteiger partial charge on any atom is 0.331 e. The zero-order chi connectivity index (χ0) is 11.3. The van der Waals surface area contributed by atoms with Gasteiger partial charge in [-0.2, -0.15) is 0 Å². The fourth-order valence-corrected chi connectivity index (χ4v) is 1.37. The van der Waals surface area contributed by atoms with Crippen molar-refractivity contribution in [2.24, 2.45) is 5.92 Å². The van der Waals surface area contributed by atoms with Crippen LogP contribution in [-0.2, 0) is 4.79 Å². The number of allylic oxidation sites excluding steroid dienone is 4. The predicted octanol–water partition coefficient (Wildman–Crippen LogP) is 2.38. The second-order valence-corrected chi connectivity index (χ2v) is 3.32. The number of carbonyl (C=O) groups is 1. The van der Waals surface area contributed by atoms with E-state index in [4.69, 9.17) is 10.2 Å². The number of hydrogen-bond acceptors (Lipinski definition) is 2. The quantitative estimate of drug-likeness (QED) is 0.703. The van der Waals surface area contributed by atoms with Crippen LogP contribution in [0.5, 0.6) is 0 Å². The highest BCUT2D eigenvalue weighted by Gasteiger charge is 2.11. The van der Waals surface area contributed by atoms with E-state index in [2.05, 4.69) is 0 Å². The summed E-state index contributed by atoms with van der Waals surface area (Å²) in [5.74, 6) is -0.972. The Bertz CT molecular complexity index is 329. The Morgan fingerprint density at radius 1 is 1.67 bits per heavy atom. The van der Waals surface area contributed by atoms with Crippen LogP contribution in [0.1, 0.15) is 12.8 Å². The number of carboxylic acid groups (broad SMARTS) is 1. The summed E-state index contributed by atoms with van der Waals surface area (Å²) in [7, 11) is 0. The van der Waals surface area contributed by atoms with Gasteiger partial charge in [-0.05, 0) is 24.5 Å². The molecule has 82 valence electrons. The number of hydrogen-bond donors (Lipinski definition) is 2. The van der Waals surface area contributed by atoms with Crippen LogP contribution in [0, 0.1) is 5.92 Å². The Hall–Kier alpha value is -1.58. The highest BCUT2D eigenvalue weighted by atomic mass is 19.1. The molecule has 0 saturated carbocycles. The van der Waals surface area contributed by atoms with Gasteiger partial charge in [-0.3, -0.25) is 4.39 Å². The molecular formula is C11H13FO3. The molecule has 0 aromatic rings. The average molecular weight is 212 g/mol. The van der Waals surface area contributed by atoms with Crippen molar-refractivity contribution in [2.75, 3.05) is 6.67 Å². The molecule has 1 atom stereocenters. The second-order valence-electron chi connectivity index (χ2n) is 3.32. The summed E-state index contributed by atoms with van der Waals surface area (Å²) in [5.41, 5.74) is 0.0851. The van der Waals surface area contributed by atoms with Crippen LogP contribution in [0.25, 0.3) is 0 Å². The Balaban J connectivity index is 2.68. The zero-order valence-electron chi connectivity index (χ0n) is 8.19. The molecule has 15 heavy (non-hydrogen) atoms. The SMILES string of the molecule is O=C(O)C(=CC1C=CC(O)=CC1)CCF. The van der Waals surface area contributed by atoms with Crippen LogP contribution in [-0.4, -0.2) is 22.9 Å². The molecule has 0 aliphatic heterocycles. The molecular weight excluding hydrogens is 199 g/mol. The molecule has 0 radical (unpaired) electrons. The molecule has 0 amide bonds. The van der Waals surface area contributed by atoms with Crippen LogP contribution in [0.4, 0.5) is 4.39 Å². The van der Waals surface area contributed by atoms with Crippen LogP contribution in [0.15, 0.2) is 35.6 Å². The average Bonchev–Trinajstić information content (AvgIpc) is 2.20. The zero-order valence-corrected chi connectivity index (χ0v) is 8.19. The largest absolute Gasteiger partial charge is 0.508 e. The molecule has 1 unspecified atom stereocenters. The van der Waals surface area contributed by atoms with Gasteiger partial charge in [0.05, 0.1) is 6.67 Å². The van der Waals surface area contributed by atoms with E-state index in [1.165, 1.54) is 12.2 Å². The number of alkyl halides is 1. The first-order valence-corrected chi connectivity index (χ1v) is 4.70. The second kappa shape index (κ2) is 5.34. The Labute approximate surface area is 87.2 Å². The molecule has 1 rings (SSSR count). The van der Waals surface area contributed by atoms with E-state index in [1.54, 1.807) is 12.2 Å². The molecule has 4 heteroatoms. The lowest BCUT2D eigenvalue weighted by Crippen LogP contribution is -2.05. The topological polar surface area (TPSA) is 57.5 Å². The van der Waals surface area contributed by atoms with Crippen molar-refractivity contribution >= 4 is 5.97 Å². The molecule has 3 nitrogen and oxygen atoms in total. The summed E-state index contributed by atoms with van der Waals surface area (Å²) in [6.45, 7) is -0.671. The van der Waals surface area contributed by atoms with E-state index in [-0.39, 0.29) is 23.7 Å². The van der Waals surface area contributed by atoms with Crippen molar-refractivity contribution in [1.29, 1.82) is 0 Å². The van der Waals surface area contributed by atoms with Crippen molar-refractivity contribution in [1.82, 2.24) is 0 Å². The fraction of sp³-hybridized carbons (Fsp3) is 0.364. The van der Waals surface area contributed by atoms with Crippen molar-refractivity contribution < 1.29 is 19.4 Å². The van der Waals surface area contributed by atoms with Crippen LogP contribution in [0.2, 0.25) is 0 Å². The molecule has 0 aromatic heterocycles. The first kappa shape index (κ1) is 11.5. The van der Waals surface area contributed by atoms with Crippen LogP contribution >= 0.6 is 0 Å². The Kier molecular flexibility index (Phi) is 4.09. The highest BCUT2D eigenvalue weighted by molar-refractivity contribution is 5.86. The van der Waals surface area contributed by atoms with Crippen LogP contribution in [0.3, 0.4) is 0 Å². The van der Waals surface area contributed by atoms with Gasteiger partial charge in [-0.1, -0.05) is 12.2 Å². The summed E-state index contributed by atoms with van der Waals surface area (Å²) in [5, 5.41) is 17.8. The van der Waals surface area contributed by atoms with Crippen molar-refractivity contribution in [3.63, 3.8) is 0 Å². The summed E-state index contributed by atoms with van der Waals surface area (Å²) in [6.07, 6.45) is 6.83. The van der Waals surface area contributed by atoms with Gasteiger partial charge in [0.25, 0.3) is 0 Å². The van der Waals surface area contributed by atoms with Crippen molar-refractivity contribution in [3.05, 3.63) is 35.6 Å². The normalized spacial score (nSPS) is 21.3. The standard InChI is InChI=1S/C11H13FO3/c12-6-5-9(11(14)15)7-8-1-3-10(13)4-2-8/h1,3-4,7-8,13H,2,5-6H2,(H,14,15). The van der Waals surface area contributed by atoms with Crippen LogP contribution < -0.4 is 0 Å². The molecule has 2 N–H and O–H groups in total. The molecule has 0 heterocycles. The fourth-order valence-electron chi connectivity index (χ4n) is 1.37. The molecule has 0 bridgehead atoms. The van der Waals surface area contributed by atoms with E-state index < -0.39 is 12.6 Å². The van der Waals surface area contributed by atoms with E-state index in [9.17, 15) is 9.18 Å². The first-order chi connectivity index (χ1) is 7.13. The molecule has 1 aliphatic carbocycles. The van der Waals surface area contributed by atoms with Gasteiger partial charge >= 0.3 is 5.97 Å². The Morgan fingerprint density at radius 3 is 2.87 bits per heavy atom. The summed E-state index contributed by atoms with van der Waals surface area (Å²) < 4.78 is 12.0. The van der Waals surface area contributed by atoms with Gasteiger partial charge in [0, 0.05) is 12.0 Å². The lowest BCUT2D eigenvalue weighted by atomic mass is 9.96. The number of carboxylic acids is 1. The minimum Gasteiger partial charge on any atom is -0.508 e. The molecule has 0 saturated heterocycles. The monoisotopic (exact) mass is 212 g/mol. The maximum atomic E-state index is 12.0. The predicted molar refractivity (Wildman–Crippen MR) is 54.3 cm³/mol. The number of rotatable bonds is 4. The smallest absolute Gasteiger partial charge is 0.331 e. The number of aliphatic hydroxyl groups excluding tert-OH is 1. The molecule has 0 spiro atoms. The van der Waals surface area contributed by atoms with E-state index in [1.807, 2.05) is 0 Å². The summed E-state index contributed by atoms with van der Waals surface area (Å²) >= 11 is 0. The third-order valence-electron chi connectivity index (χ3n) is 2.17. The van der Waals surface area contributed by atoms with E-state index >= 15 is 0 Å². The van der Waals surface area contributed by atoms with Crippen molar-refractivity contribution in [3.8, 4) is 0 Å². The Morgan fingerprint density at radius 2 is 2.40 bits per heavy atom. The lowest BCUT2D eigenvalue weighted by Gasteiger charge is -2.10.